The molecular formula is C18H20N4O5S. The average molecular weight is 404 g/mol. The van der Waals surface area contributed by atoms with E-state index in [1.807, 2.05) is 6.92 Å². The van der Waals surface area contributed by atoms with Gasteiger partial charge in [-0.3, -0.25) is 9.59 Å². The first-order chi connectivity index (χ1) is 13.2. The molecule has 0 bridgehead atoms. The fourth-order valence-corrected chi connectivity index (χ4v) is 2.67. The molecule has 0 aliphatic carbocycles. The predicted octanol–water partition coefficient (Wildman–Crippen LogP) is 2.41. The summed E-state index contributed by atoms with van der Waals surface area (Å²) in [6, 6.07) is 10.6. The van der Waals surface area contributed by atoms with E-state index in [4.69, 9.17) is 9.88 Å². The number of ketones is 1. The maximum absolute atomic E-state index is 12.4. The van der Waals surface area contributed by atoms with Crippen molar-refractivity contribution in [3.8, 4) is 5.75 Å². The molecule has 0 heterocycles. The highest BCUT2D eigenvalue weighted by molar-refractivity contribution is 7.89. The van der Waals surface area contributed by atoms with Crippen LogP contribution in [0.25, 0.3) is 0 Å². The van der Waals surface area contributed by atoms with E-state index >= 15 is 0 Å². The summed E-state index contributed by atoms with van der Waals surface area (Å²) in [7, 11) is -3.82. The minimum atomic E-state index is -3.82. The highest BCUT2D eigenvalue weighted by Gasteiger charge is 2.23. The summed E-state index contributed by atoms with van der Waals surface area (Å²) in [5, 5.41) is 15.2. The summed E-state index contributed by atoms with van der Waals surface area (Å²) in [5.41, 5.74) is 0.750. The Bertz CT molecular complexity index is 970. The number of anilines is 1. The smallest absolute Gasteiger partial charge is 0.258 e. The number of azo groups is 1. The van der Waals surface area contributed by atoms with Gasteiger partial charge in [0, 0.05) is 5.69 Å². The lowest BCUT2D eigenvalue weighted by Crippen LogP contribution is -2.31. The number of carbonyl (C=O) groups excluding carboxylic acids is 2. The van der Waals surface area contributed by atoms with Crippen LogP contribution < -0.4 is 15.2 Å². The number of hydrogen-bond donors (Lipinski definition) is 2. The second-order valence-corrected chi connectivity index (χ2v) is 7.28. The molecule has 28 heavy (non-hydrogen) atoms. The van der Waals surface area contributed by atoms with Crippen LogP contribution in [0, 0.1) is 0 Å². The minimum Gasteiger partial charge on any atom is -0.494 e. The lowest BCUT2D eigenvalue weighted by atomic mass is 10.2. The van der Waals surface area contributed by atoms with Gasteiger partial charge in [-0.05, 0) is 62.4 Å². The lowest BCUT2D eigenvalue weighted by Gasteiger charge is -2.10. The second kappa shape index (κ2) is 9.20. The fourth-order valence-electron chi connectivity index (χ4n) is 2.16. The third kappa shape index (κ3) is 5.96. The van der Waals surface area contributed by atoms with Crippen LogP contribution in [0.3, 0.4) is 0 Å². The van der Waals surface area contributed by atoms with Gasteiger partial charge in [-0.1, -0.05) is 0 Å². The summed E-state index contributed by atoms with van der Waals surface area (Å²) >= 11 is 0. The highest BCUT2D eigenvalue weighted by atomic mass is 32.2. The Hall–Kier alpha value is -3.11. The topological polar surface area (TPSA) is 140 Å². The molecule has 0 saturated heterocycles. The molecule has 2 aromatic rings. The number of rotatable bonds is 8. The molecule has 2 aromatic carbocycles. The molecule has 0 aliphatic rings. The summed E-state index contributed by atoms with van der Waals surface area (Å²) in [6.07, 6.45) is 0. The van der Waals surface area contributed by atoms with Gasteiger partial charge >= 0.3 is 0 Å². The molecule has 0 aromatic heterocycles. The van der Waals surface area contributed by atoms with E-state index < -0.39 is 27.8 Å². The first kappa shape index (κ1) is 21.2. The normalized spacial score (nSPS) is 12.5. The Kier molecular flexibility index (Phi) is 6.96. The van der Waals surface area contributed by atoms with Gasteiger partial charge in [0.25, 0.3) is 5.91 Å². The van der Waals surface area contributed by atoms with Crippen molar-refractivity contribution in [2.24, 2.45) is 15.4 Å². The van der Waals surface area contributed by atoms with Crippen LogP contribution in [0.5, 0.6) is 5.75 Å². The SMILES string of the molecule is CCOc1ccc(NC(=O)[C@H](N=Nc2ccc(S(N)(=O)=O)cc2)C(C)=O)cc1. The Morgan fingerprint density at radius 2 is 1.71 bits per heavy atom. The van der Waals surface area contributed by atoms with Gasteiger partial charge in [-0.2, -0.15) is 10.2 Å². The van der Waals surface area contributed by atoms with Crippen molar-refractivity contribution in [3.63, 3.8) is 0 Å². The molecule has 0 fully saturated rings. The van der Waals surface area contributed by atoms with Gasteiger partial charge in [-0.15, -0.1) is 0 Å². The van der Waals surface area contributed by atoms with Crippen molar-refractivity contribution < 1.29 is 22.7 Å². The van der Waals surface area contributed by atoms with E-state index in [9.17, 15) is 18.0 Å². The largest absolute Gasteiger partial charge is 0.494 e. The van der Waals surface area contributed by atoms with E-state index in [1.165, 1.54) is 31.2 Å². The van der Waals surface area contributed by atoms with Gasteiger partial charge < -0.3 is 10.1 Å². The Balaban J connectivity index is 2.10. The molecule has 0 aliphatic heterocycles. The zero-order valence-electron chi connectivity index (χ0n) is 15.3. The number of ether oxygens (including phenoxy) is 1. The van der Waals surface area contributed by atoms with Gasteiger partial charge in [0.15, 0.2) is 5.78 Å². The van der Waals surface area contributed by atoms with Crippen molar-refractivity contribution in [2.45, 2.75) is 24.8 Å². The maximum atomic E-state index is 12.4. The van der Waals surface area contributed by atoms with Gasteiger partial charge in [-0.25, -0.2) is 13.6 Å². The number of carbonyl (C=O) groups is 2. The van der Waals surface area contributed by atoms with Crippen LogP contribution >= 0.6 is 0 Å². The van der Waals surface area contributed by atoms with Crippen molar-refractivity contribution in [1.82, 2.24) is 0 Å². The van der Waals surface area contributed by atoms with Crippen LogP contribution in [-0.2, 0) is 19.6 Å². The molecule has 9 nitrogen and oxygen atoms in total. The van der Waals surface area contributed by atoms with Crippen LogP contribution in [-0.4, -0.2) is 32.8 Å². The number of benzene rings is 2. The van der Waals surface area contributed by atoms with E-state index in [-0.39, 0.29) is 10.6 Å². The fraction of sp³-hybridized carbons (Fsp3) is 0.222. The molecule has 2 rings (SSSR count). The highest BCUT2D eigenvalue weighted by Crippen LogP contribution is 2.18. The molecule has 1 atom stereocenters. The van der Waals surface area contributed by atoms with E-state index in [0.29, 0.717) is 18.0 Å². The molecule has 0 saturated carbocycles. The molecule has 3 N–H and O–H groups in total. The van der Waals surface area contributed by atoms with Gasteiger partial charge in [0.05, 0.1) is 17.2 Å². The predicted molar refractivity (Wildman–Crippen MR) is 103 cm³/mol. The molecule has 0 unspecified atom stereocenters. The zero-order chi connectivity index (χ0) is 20.7. The number of primary sulfonamides is 1. The Morgan fingerprint density at radius 3 is 2.21 bits per heavy atom. The Labute approximate surface area is 162 Å². The standard InChI is InChI=1S/C18H20N4O5S/c1-3-27-15-8-4-13(5-9-15)20-18(24)17(12(2)23)22-21-14-6-10-16(11-7-14)28(19,25)26/h4-11,17H,3H2,1-2H3,(H,20,24)(H2,19,25,26)/t17-/m1/s1. The summed E-state index contributed by atoms with van der Waals surface area (Å²) < 4.78 is 27.8. The second-order valence-electron chi connectivity index (χ2n) is 5.71. The minimum absolute atomic E-state index is 0.0807. The third-order valence-corrected chi connectivity index (χ3v) is 4.45. The van der Waals surface area contributed by atoms with Crippen molar-refractivity contribution in [2.75, 3.05) is 11.9 Å². The van der Waals surface area contributed by atoms with Crippen LogP contribution in [0.4, 0.5) is 11.4 Å². The van der Waals surface area contributed by atoms with E-state index in [0.717, 1.165) is 0 Å². The van der Waals surface area contributed by atoms with Crippen molar-refractivity contribution in [1.29, 1.82) is 0 Å². The average Bonchev–Trinajstić information content (AvgIpc) is 2.63. The Morgan fingerprint density at radius 1 is 1.11 bits per heavy atom. The number of nitrogens with one attached hydrogen (secondary N) is 1. The van der Waals surface area contributed by atoms with E-state index in [1.54, 1.807) is 24.3 Å². The molecule has 0 radical (unpaired) electrons. The first-order valence-electron chi connectivity index (χ1n) is 8.28. The molecule has 148 valence electrons. The quantitative estimate of drug-likeness (QED) is 0.513. The van der Waals surface area contributed by atoms with Crippen LogP contribution in [0.15, 0.2) is 63.7 Å². The molecule has 1 amide bonds. The van der Waals surface area contributed by atoms with Crippen molar-refractivity contribution in [3.05, 3.63) is 48.5 Å². The maximum Gasteiger partial charge on any atom is 0.258 e. The monoisotopic (exact) mass is 404 g/mol. The zero-order valence-corrected chi connectivity index (χ0v) is 16.1. The molecule has 0 spiro atoms. The number of hydrogen-bond acceptors (Lipinski definition) is 7. The lowest BCUT2D eigenvalue weighted by molar-refractivity contribution is -0.126. The first-order valence-corrected chi connectivity index (χ1v) is 9.83. The molecule has 10 heteroatoms. The summed E-state index contributed by atoms with van der Waals surface area (Å²) in [6.45, 7) is 3.61. The van der Waals surface area contributed by atoms with Gasteiger partial charge in [0.1, 0.15) is 5.75 Å². The van der Waals surface area contributed by atoms with Gasteiger partial charge in [0.2, 0.25) is 16.1 Å². The van der Waals surface area contributed by atoms with E-state index in [2.05, 4.69) is 15.5 Å². The summed E-state index contributed by atoms with van der Waals surface area (Å²) in [5.74, 6) is -0.471. The van der Waals surface area contributed by atoms with Crippen LogP contribution in [0.2, 0.25) is 0 Å². The molecular weight excluding hydrogens is 384 g/mol. The van der Waals surface area contributed by atoms with Crippen LogP contribution in [0.1, 0.15) is 13.8 Å². The number of amides is 1. The summed E-state index contributed by atoms with van der Waals surface area (Å²) in [4.78, 5) is 24.1. The number of Topliss-reactive ketones (excluding diaryl/α,β-unsaturated/α-hetero) is 1. The number of nitrogens with two attached hydrogens (primary N) is 1. The number of sulfonamides is 1. The number of nitrogens with zero attached hydrogens (tertiary/aromatic N) is 2. The van der Waals surface area contributed by atoms with Crippen molar-refractivity contribution >= 4 is 33.1 Å². The third-order valence-electron chi connectivity index (χ3n) is 3.52.